The summed E-state index contributed by atoms with van der Waals surface area (Å²) in [6, 6.07) is 16.4. The molecule has 1 aliphatic rings. The van der Waals surface area contributed by atoms with Crippen molar-refractivity contribution in [3.8, 4) is 0 Å². The Hall–Kier alpha value is -1.77. The molecule has 0 radical (unpaired) electrons. The van der Waals surface area contributed by atoms with Crippen LogP contribution >= 0.6 is 32.5 Å². The normalized spacial score (nSPS) is 22.2. The molecule has 1 atom stereocenters. The van der Waals surface area contributed by atoms with Gasteiger partial charge in [-0.25, -0.2) is 4.99 Å². The Bertz CT molecular complexity index is 835. The van der Waals surface area contributed by atoms with Crippen LogP contribution in [0.4, 0.5) is 5.69 Å². The summed E-state index contributed by atoms with van der Waals surface area (Å²) in [5.74, 6) is 0. The fourth-order valence-corrected chi connectivity index (χ4v) is 7.59. The molecule has 22 heavy (non-hydrogen) atoms. The van der Waals surface area contributed by atoms with Gasteiger partial charge in [0.2, 0.25) is 5.16 Å². The maximum atomic E-state index is 4.63. The number of aliphatic imine (C=N–C) groups is 1. The topological polar surface area (TPSA) is 66.8 Å². The lowest BCUT2D eigenvalue weighted by Gasteiger charge is -2.31. The van der Waals surface area contributed by atoms with E-state index in [4.69, 9.17) is 0 Å². The highest BCUT2D eigenvalue weighted by molar-refractivity contribution is 8.99. The average Bonchev–Trinajstić information content (AvgIpc) is 3.17. The lowest BCUT2D eigenvalue weighted by molar-refractivity contribution is 0.881. The number of rotatable bonds is 3. The van der Waals surface area contributed by atoms with E-state index in [0.717, 1.165) is 10.6 Å². The monoisotopic (exact) mass is 345 g/mol. The van der Waals surface area contributed by atoms with Gasteiger partial charge in [-0.2, -0.15) is 5.21 Å². The highest BCUT2D eigenvalue weighted by atomic mass is 33.2. The van der Waals surface area contributed by atoms with E-state index >= 15 is 0 Å². The zero-order valence-electron chi connectivity index (χ0n) is 11.2. The Morgan fingerprint density at radius 1 is 1.09 bits per heavy atom. The number of thiol groups is 1. The number of hydrogen-bond acceptors (Lipinski definition) is 6. The fraction of sp³-hybridized carbons (Fsp3) is 0. The second-order valence-electron chi connectivity index (χ2n) is 4.58. The molecule has 5 nitrogen and oxygen atoms in total. The molecule has 0 saturated carbocycles. The standard InChI is InChI=1S/C14H11N5S3/c20-10-6-7-13-12(8-10)15-9-22(13,11-4-2-1-3-5-11)21-14-16-18-19-17-14/h1-9,20H,(H,16,17,18,19). The van der Waals surface area contributed by atoms with Crippen molar-refractivity contribution in [2.45, 2.75) is 19.8 Å². The summed E-state index contributed by atoms with van der Waals surface area (Å²) in [5, 5.41) is 15.0. The molecule has 0 saturated heterocycles. The maximum absolute atomic E-state index is 4.63. The molecule has 0 bridgehead atoms. The Kier molecular flexibility index (Phi) is 3.44. The minimum Gasteiger partial charge on any atom is -0.249 e. The van der Waals surface area contributed by atoms with Gasteiger partial charge in [0, 0.05) is 14.7 Å². The van der Waals surface area contributed by atoms with E-state index in [0.29, 0.717) is 5.16 Å². The van der Waals surface area contributed by atoms with Crippen LogP contribution in [-0.4, -0.2) is 26.2 Å². The number of aromatic nitrogens is 4. The Labute approximate surface area is 137 Å². The van der Waals surface area contributed by atoms with Gasteiger partial charge in [-0.1, -0.05) is 27.3 Å². The molecule has 1 aliphatic heterocycles. The molecule has 1 unspecified atom stereocenters. The number of tetrazole rings is 1. The first-order valence-electron chi connectivity index (χ1n) is 6.46. The molecule has 0 fully saturated rings. The van der Waals surface area contributed by atoms with E-state index < -0.39 is 9.06 Å². The van der Waals surface area contributed by atoms with Gasteiger partial charge in [-0.3, -0.25) is 0 Å². The maximum Gasteiger partial charge on any atom is 0.240 e. The van der Waals surface area contributed by atoms with Gasteiger partial charge in [0.15, 0.2) is 0 Å². The van der Waals surface area contributed by atoms with Crippen molar-refractivity contribution in [2.75, 3.05) is 0 Å². The van der Waals surface area contributed by atoms with Crippen molar-refractivity contribution in [2.24, 2.45) is 4.99 Å². The van der Waals surface area contributed by atoms with Crippen LogP contribution < -0.4 is 0 Å². The van der Waals surface area contributed by atoms with Crippen LogP contribution in [0.3, 0.4) is 0 Å². The predicted molar refractivity (Wildman–Crippen MR) is 92.4 cm³/mol. The van der Waals surface area contributed by atoms with Crippen LogP contribution in [0.15, 0.2) is 73.4 Å². The first-order chi connectivity index (χ1) is 10.8. The number of nitrogens with zero attached hydrogens (tertiary/aromatic N) is 4. The van der Waals surface area contributed by atoms with Gasteiger partial charge in [0.1, 0.15) is 0 Å². The molecule has 1 aromatic heterocycles. The van der Waals surface area contributed by atoms with Gasteiger partial charge in [0.25, 0.3) is 0 Å². The third-order valence-electron chi connectivity index (χ3n) is 3.23. The summed E-state index contributed by atoms with van der Waals surface area (Å²) in [6.45, 7) is 0. The number of H-pyrrole nitrogens is 1. The number of nitrogens with one attached hydrogen (secondary N) is 1. The Morgan fingerprint density at radius 3 is 2.73 bits per heavy atom. The van der Waals surface area contributed by atoms with Crippen LogP contribution in [0.2, 0.25) is 0 Å². The number of aromatic amines is 1. The quantitative estimate of drug-likeness (QED) is 0.554. The molecular formula is C14H11N5S3. The highest BCUT2D eigenvalue weighted by Gasteiger charge is 2.36. The Morgan fingerprint density at radius 2 is 1.95 bits per heavy atom. The van der Waals surface area contributed by atoms with Crippen molar-refractivity contribution in [1.29, 1.82) is 0 Å². The summed E-state index contributed by atoms with van der Waals surface area (Å²) in [6.07, 6.45) is 0. The van der Waals surface area contributed by atoms with Gasteiger partial charge < -0.3 is 0 Å². The summed E-state index contributed by atoms with van der Waals surface area (Å²) in [5.41, 5.74) is 2.99. The van der Waals surface area contributed by atoms with Gasteiger partial charge >= 0.3 is 0 Å². The van der Waals surface area contributed by atoms with E-state index in [1.165, 1.54) is 9.79 Å². The van der Waals surface area contributed by atoms with Crippen molar-refractivity contribution in [1.82, 2.24) is 20.6 Å². The SMILES string of the molecule is Sc1ccc2c(c1)N=CS2(Sc1nn[nH]n1)c1ccccc1. The first-order valence-corrected chi connectivity index (χ1v) is 9.94. The Balaban J connectivity index is 1.90. The van der Waals surface area contributed by atoms with E-state index in [1.807, 2.05) is 35.9 Å². The molecular weight excluding hydrogens is 334 g/mol. The van der Waals surface area contributed by atoms with Gasteiger partial charge in [0.05, 0.1) is 11.2 Å². The number of hydrogen-bond donors (Lipinski definition) is 2. The lowest BCUT2D eigenvalue weighted by Crippen LogP contribution is -1.96. The summed E-state index contributed by atoms with van der Waals surface area (Å²) >= 11 is 4.41. The minimum absolute atomic E-state index is 0.619. The molecule has 0 spiro atoms. The molecule has 2 heterocycles. The van der Waals surface area contributed by atoms with Crippen molar-refractivity contribution < 1.29 is 0 Å². The van der Waals surface area contributed by atoms with Crippen LogP contribution in [0, 0.1) is 0 Å². The van der Waals surface area contributed by atoms with Gasteiger partial charge in [-0.05, 0) is 46.3 Å². The lowest BCUT2D eigenvalue weighted by atomic mass is 10.3. The first kappa shape index (κ1) is 13.9. The van der Waals surface area contributed by atoms with E-state index in [2.05, 4.69) is 56.4 Å². The second-order valence-corrected chi connectivity index (χ2v) is 10.0. The molecule has 8 heteroatoms. The van der Waals surface area contributed by atoms with E-state index in [1.54, 1.807) is 10.8 Å². The zero-order chi connectivity index (χ0) is 15.0. The largest absolute Gasteiger partial charge is 0.249 e. The van der Waals surface area contributed by atoms with Crippen LogP contribution in [0.25, 0.3) is 0 Å². The zero-order valence-corrected chi connectivity index (χ0v) is 13.8. The van der Waals surface area contributed by atoms with Gasteiger partial charge in [-0.15, -0.1) is 22.8 Å². The predicted octanol–water partition coefficient (Wildman–Crippen LogP) is 4.09. The van der Waals surface area contributed by atoms with Crippen LogP contribution in [0.5, 0.6) is 0 Å². The molecule has 0 aliphatic carbocycles. The molecule has 0 amide bonds. The summed E-state index contributed by atoms with van der Waals surface area (Å²) < 4.78 is 0. The third-order valence-corrected chi connectivity index (χ3v) is 9.08. The van der Waals surface area contributed by atoms with E-state index in [-0.39, 0.29) is 0 Å². The van der Waals surface area contributed by atoms with Crippen molar-refractivity contribution in [3.05, 3.63) is 48.5 Å². The smallest absolute Gasteiger partial charge is 0.240 e. The van der Waals surface area contributed by atoms with E-state index in [9.17, 15) is 0 Å². The molecule has 1 N–H and O–H groups in total. The fourth-order valence-electron chi connectivity index (χ4n) is 2.28. The number of benzene rings is 2. The second kappa shape index (κ2) is 5.45. The van der Waals surface area contributed by atoms with Crippen LogP contribution in [-0.2, 0) is 0 Å². The number of fused-ring (bicyclic) bond motifs is 1. The minimum atomic E-state index is -1.53. The molecule has 110 valence electrons. The molecule has 4 rings (SSSR count). The summed E-state index contributed by atoms with van der Waals surface area (Å²) in [7, 11) is 0.0672. The van der Waals surface area contributed by atoms with Crippen LogP contribution in [0.1, 0.15) is 0 Å². The average molecular weight is 345 g/mol. The third kappa shape index (κ3) is 2.23. The molecule has 2 aromatic carbocycles. The highest BCUT2D eigenvalue weighted by Crippen LogP contribution is 2.75. The van der Waals surface area contributed by atoms with Crippen molar-refractivity contribution in [3.63, 3.8) is 0 Å². The van der Waals surface area contributed by atoms with Crippen molar-refractivity contribution >= 4 is 43.7 Å². The molecule has 3 aromatic rings. The summed E-state index contributed by atoms with van der Waals surface area (Å²) in [4.78, 5) is 7.93.